The van der Waals surface area contributed by atoms with Gasteiger partial charge in [-0.15, -0.1) is 0 Å². The minimum Gasteiger partial charge on any atom is -0.505 e. The van der Waals surface area contributed by atoms with Gasteiger partial charge in [0, 0.05) is 12.8 Å². The lowest BCUT2D eigenvalue weighted by atomic mass is 9.91. The number of pyridine rings is 1. The first-order chi connectivity index (χ1) is 18.2. The third-order valence-corrected chi connectivity index (χ3v) is 7.05. The zero-order valence-electron chi connectivity index (χ0n) is 21.4. The Kier molecular flexibility index (Phi) is 8.93. The number of nitrogens with zero attached hydrogens (tertiary/aromatic N) is 1. The topological polar surface area (TPSA) is 159 Å². The minimum absolute atomic E-state index is 0.0301. The van der Waals surface area contributed by atoms with E-state index in [1.54, 1.807) is 13.8 Å². The van der Waals surface area contributed by atoms with Crippen molar-refractivity contribution in [2.75, 3.05) is 13.2 Å². The Bertz CT molecular complexity index is 1130. The molecule has 2 fully saturated rings. The number of ether oxygens (including phenoxy) is 2. The molecule has 11 nitrogen and oxygen atoms in total. The molecule has 7 unspecified atom stereocenters. The Labute approximate surface area is 220 Å². The van der Waals surface area contributed by atoms with E-state index in [2.05, 4.69) is 20.9 Å². The Morgan fingerprint density at radius 2 is 1.82 bits per heavy atom. The van der Waals surface area contributed by atoms with E-state index in [4.69, 9.17) is 9.47 Å². The van der Waals surface area contributed by atoms with Crippen LogP contribution in [0.5, 0.6) is 5.75 Å². The summed E-state index contributed by atoms with van der Waals surface area (Å²) in [7, 11) is 0. The van der Waals surface area contributed by atoms with Crippen molar-refractivity contribution >= 4 is 17.7 Å². The summed E-state index contributed by atoms with van der Waals surface area (Å²) >= 11 is 0. The van der Waals surface area contributed by atoms with Gasteiger partial charge in [-0.25, -0.2) is 4.98 Å². The van der Waals surface area contributed by atoms with Crippen LogP contribution in [0, 0.1) is 5.92 Å². The quantitative estimate of drug-likeness (QED) is 0.372. The van der Waals surface area contributed by atoms with E-state index in [1.807, 2.05) is 30.3 Å². The van der Waals surface area contributed by atoms with Gasteiger partial charge in [-0.2, -0.15) is 0 Å². The van der Waals surface area contributed by atoms with Crippen LogP contribution in [0.2, 0.25) is 0 Å². The van der Waals surface area contributed by atoms with E-state index in [0.29, 0.717) is 6.61 Å². The van der Waals surface area contributed by atoms with Gasteiger partial charge < -0.3 is 35.6 Å². The molecule has 2 saturated heterocycles. The molecule has 1 aromatic heterocycles. The molecule has 0 radical (unpaired) electrons. The number of carbonyl (C=O) groups is 3. The van der Waals surface area contributed by atoms with Gasteiger partial charge in [0.25, 0.3) is 5.91 Å². The van der Waals surface area contributed by atoms with Gasteiger partial charge in [0.2, 0.25) is 11.8 Å². The van der Waals surface area contributed by atoms with Crippen LogP contribution in [0.25, 0.3) is 0 Å². The van der Waals surface area contributed by atoms with E-state index in [9.17, 15) is 24.6 Å². The van der Waals surface area contributed by atoms with E-state index in [0.717, 1.165) is 12.0 Å². The normalized spacial score (nSPS) is 30.6. The Morgan fingerprint density at radius 3 is 2.47 bits per heavy atom. The molecule has 38 heavy (non-hydrogen) atoms. The van der Waals surface area contributed by atoms with Gasteiger partial charge in [0.05, 0.1) is 42.9 Å². The molecule has 0 bridgehead atoms. The first kappa shape index (κ1) is 27.5. The van der Waals surface area contributed by atoms with Gasteiger partial charge in [0.1, 0.15) is 11.8 Å². The van der Waals surface area contributed by atoms with Crippen molar-refractivity contribution in [3.8, 4) is 5.75 Å². The molecule has 2 aliphatic rings. The highest BCUT2D eigenvalue weighted by Gasteiger charge is 2.39. The fraction of sp³-hybridized carbons (Fsp3) is 0.481. The number of carbonyl (C=O) groups excluding carboxylic acids is 3. The average molecular weight is 527 g/mol. The molecule has 11 heteroatoms. The fourth-order valence-electron chi connectivity index (χ4n) is 4.56. The Balaban J connectivity index is 1.63. The van der Waals surface area contributed by atoms with E-state index < -0.39 is 48.1 Å². The second kappa shape index (κ2) is 12.3. The molecule has 2 aromatic rings. The summed E-state index contributed by atoms with van der Waals surface area (Å²) < 4.78 is 11.6. The number of nitrogens with one attached hydrogen (secondary N) is 3. The Hall–Kier alpha value is -3.54. The van der Waals surface area contributed by atoms with Crippen LogP contribution in [-0.4, -0.2) is 82.6 Å². The number of aliphatic hydroxyl groups is 1. The molecule has 204 valence electrons. The Morgan fingerprint density at radius 1 is 1.08 bits per heavy atom. The molecule has 7 atom stereocenters. The SMILES string of the molecule is CC1OCC(C2CCO2)NC(=O)C(C)C(O)C(Cc2ccccc2)NC(=O)C1NC(=O)c1ncccc1O. The highest BCUT2D eigenvalue weighted by atomic mass is 16.5. The summed E-state index contributed by atoms with van der Waals surface area (Å²) in [5.74, 6) is -2.93. The van der Waals surface area contributed by atoms with Crippen molar-refractivity contribution in [2.24, 2.45) is 5.92 Å². The summed E-state index contributed by atoms with van der Waals surface area (Å²) in [4.78, 5) is 43.5. The number of hydrogen-bond donors (Lipinski definition) is 5. The summed E-state index contributed by atoms with van der Waals surface area (Å²) in [5, 5.41) is 29.7. The second-order valence-corrected chi connectivity index (χ2v) is 9.76. The summed E-state index contributed by atoms with van der Waals surface area (Å²) in [6.45, 7) is 3.82. The van der Waals surface area contributed by atoms with Crippen LogP contribution in [0.3, 0.4) is 0 Å². The van der Waals surface area contributed by atoms with Gasteiger partial charge in [-0.1, -0.05) is 37.3 Å². The highest BCUT2D eigenvalue weighted by Crippen LogP contribution is 2.20. The van der Waals surface area contributed by atoms with Gasteiger partial charge in [-0.3, -0.25) is 14.4 Å². The molecule has 0 spiro atoms. The lowest BCUT2D eigenvalue weighted by Gasteiger charge is -2.38. The lowest BCUT2D eigenvalue weighted by molar-refractivity contribution is -0.141. The van der Waals surface area contributed by atoms with Gasteiger partial charge in [0.15, 0.2) is 5.69 Å². The van der Waals surface area contributed by atoms with Crippen LogP contribution in [0.15, 0.2) is 48.7 Å². The summed E-state index contributed by atoms with van der Waals surface area (Å²) in [5.41, 5.74) is 0.613. The number of amides is 3. The average Bonchev–Trinajstić information content (AvgIpc) is 2.88. The van der Waals surface area contributed by atoms with Crippen molar-refractivity contribution in [2.45, 2.75) is 63.1 Å². The number of benzene rings is 1. The third kappa shape index (κ3) is 6.47. The van der Waals surface area contributed by atoms with Crippen LogP contribution < -0.4 is 16.0 Å². The summed E-state index contributed by atoms with van der Waals surface area (Å²) in [6, 6.07) is 9.53. The van der Waals surface area contributed by atoms with E-state index in [1.165, 1.54) is 18.3 Å². The lowest BCUT2D eigenvalue weighted by Crippen LogP contribution is -2.61. The van der Waals surface area contributed by atoms with Crippen molar-refractivity contribution in [1.82, 2.24) is 20.9 Å². The minimum atomic E-state index is -1.23. The molecular formula is C27H34N4O7. The molecule has 3 amide bonds. The third-order valence-electron chi connectivity index (χ3n) is 7.05. The van der Waals surface area contributed by atoms with E-state index >= 15 is 0 Å². The van der Waals surface area contributed by atoms with Crippen LogP contribution >= 0.6 is 0 Å². The maximum atomic E-state index is 13.6. The van der Waals surface area contributed by atoms with Crippen molar-refractivity contribution in [3.05, 3.63) is 59.9 Å². The fourth-order valence-corrected chi connectivity index (χ4v) is 4.56. The van der Waals surface area contributed by atoms with Gasteiger partial charge in [-0.05, 0) is 37.5 Å². The number of rotatable bonds is 5. The number of aliphatic hydroxyl groups excluding tert-OH is 1. The largest absolute Gasteiger partial charge is 0.505 e. The first-order valence-electron chi connectivity index (χ1n) is 12.8. The van der Waals surface area contributed by atoms with Gasteiger partial charge >= 0.3 is 0 Å². The number of hydrogen-bond acceptors (Lipinski definition) is 8. The number of aromatic hydroxyl groups is 1. The molecule has 2 aliphatic heterocycles. The molecular weight excluding hydrogens is 492 g/mol. The predicted molar refractivity (Wildman–Crippen MR) is 136 cm³/mol. The summed E-state index contributed by atoms with van der Waals surface area (Å²) in [6.07, 6.45) is 0.0122. The van der Waals surface area contributed by atoms with Crippen LogP contribution in [0.1, 0.15) is 36.3 Å². The standard InChI is InChI=1S/C27H34N4O7/c1-15-24(33)18(13-17-7-4-3-5-8-17)29-26(35)22(31-27(36)23-20(32)9-6-11-28-23)16(2)38-14-19(30-25(15)34)21-10-12-37-21/h3-9,11,15-16,18-19,21-22,24,32-33H,10,12-14H2,1-2H3,(H,29,35)(H,30,34)(H,31,36). The smallest absolute Gasteiger partial charge is 0.274 e. The zero-order valence-corrected chi connectivity index (χ0v) is 21.4. The maximum Gasteiger partial charge on any atom is 0.274 e. The first-order valence-corrected chi connectivity index (χ1v) is 12.8. The second-order valence-electron chi connectivity index (χ2n) is 9.76. The predicted octanol–water partition coefficient (Wildman–Crippen LogP) is 0.303. The zero-order chi connectivity index (χ0) is 27.2. The van der Waals surface area contributed by atoms with Crippen LogP contribution in [0.4, 0.5) is 0 Å². The van der Waals surface area contributed by atoms with Crippen molar-refractivity contribution in [3.63, 3.8) is 0 Å². The van der Waals surface area contributed by atoms with Crippen molar-refractivity contribution in [1.29, 1.82) is 0 Å². The molecule has 4 rings (SSSR count). The molecule has 0 saturated carbocycles. The number of aromatic nitrogens is 1. The van der Waals surface area contributed by atoms with Crippen LogP contribution in [-0.2, 0) is 25.5 Å². The highest BCUT2D eigenvalue weighted by molar-refractivity contribution is 5.98. The van der Waals surface area contributed by atoms with E-state index in [-0.39, 0.29) is 36.5 Å². The molecule has 3 heterocycles. The molecule has 1 aromatic carbocycles. The maximum absolute atomic E-state index is 13.6. The van der Waals surface area contributed by atoms with Crippen molar-refractivity contribution < 1.29 is 34.1 Å². The molecule has 0 aliphatic carbocycles. The monoisotopic (exact) mass is 526 g/mol. The molecule has 5 N–H and O–H groups in total.